The summed E-state index contributed by atoms with van der Waals surface area (Å²) in [4.78, 5) is 21.5. The molecule has 0 saturated heterocycles. The van der Waals surface area contributed by atoms with Crippen LogP contribution < -0.4 is 0 Å². The summed E-state index contributed by atoms with van der Waals surface area (Å²) in [5.41, 5.74) is 0. The van der Waals surface area contributed by atoms with Crippen molar-refractivity contribution in [2.45, 2.75) is 46.1 Å². The van der Waals surface area contributed by atoms with Crippen molar-refractivity contribution in [3.05, 3.63) is 0 Å². The number of esters is 2. The molecule has 4 nitrogen and oxygen atoms in total. The number of carbonyl (C=O) groups excluding carboxylic acids is 2. The highest BCUT2D eigenvalue weighted by molar-refractivity contribution is 5.69. The van der Waals surface area contributed by atoms with Crippen molar-refractivity contribution in [1.29, 1.82) is 0 Å². The molecular formula is C10H18O4. The molecule has 0 aliphatic carbocycles. The summed E-state index contributed by atoms with van der Waals surface area (Å²) in [5.74, 6) is -0.590. The molecule has 1 atom stereocenters. The Labute approximate surface area is 84.6 Å². The zero-order chi connectivity index (χ0) is 11.0. The summed E-state index contributed by atoms with van der Waals surface area (Å²) in [5, 5.41) is 0. The molecule has 1 unspecified atom stereocenters. The van der Waals surface area contributed by atoms with Gasteiger partial charge in [-0.1, -0.05) is 13.3 Å². The Morgan fingerprint density at radius 2 is 2.00 bits per heavy atom. The van der Waals surface area contributed by atoms with Crippen LogP contribution in [0.15, 0.2) is 0 Å². The molecule has 0 aromatic rings. The van der Waals surface area contributed by atoms with Crippen molar-refractivity contribution in [3.63, 3.8) is 0 Å². The van der Waals surface area contributed by atoms with Crippen LogP contribution in [-0.2, 0) is 19.1 Å². The highest BCUT2D eigenvalue weighted by Crippen LogP contribution is 2.00. The van der Waals surface area contributed by atoms with Crippen LogP contribution in [0.4, 0.5) is 0 Å². The minimum absolute atomic E-state index is 0.132. The van der Waals surface area contributed by atoms with E-state index in [9.17, 15) is 9.59 Å². The lowest BCUT2D eigenvalue weighted by molar-refractivity contribution is -0.157. The van der Waals surface area contributed by atoms with Crippen molar-refractivity contribution in [3.8, 4) is 0 Å². The fourth-order valence-corrected chi connectivity index (χ4v) is 0.873. The van der Waals surface area contributed by atoms with Gasteiger partial charge in [-0.3, -0.25) is 9.59 Å². The van der Waals surface area contributed by atoms with Gasteiger partial charge in [0, 0.05) is 13.3 Å². The minimum atomic E-state index is -0.360. The van der Waals surface area contributed by atoms with Gasteiger partial charge in [-0.2, -0.15) is 0 Å². The summed E-state index contributed by atoms with van der Waals surface area (Å²) < 4.78 is 9.68. The number of unbranched alkanes of at least 4 members (excludes halogenated alkanes) is 1. The zero-order valence-corrected chi connectivity index (χ0v) is 9.04. The topological polar surface area (TPSA) is 52.6 Å². The molecule has 0 spiro atoms. The highest BCUT2D eigenvalue weighted by Gasteiger charge is 2.09. The molecule has 0 aliphatic rings. The quantitative estimate of drug-likeness (QED) is 0.615. The third-order valence-corrected chi connectivity index (χ3v) is 1.59. The van der Waals surface area contributed by atoms with E-state index in [1.807, 2.05) is 6.92 Å². The van der Waals surface area contributed by atoms with E-state index < -0.39 is 0 Å². The van der Waals surface area contributed by atoms with E-state index in [1.165, 1.54) is 6.92 Å². The van der Waals surface area contributed by atoms with Crippen LogP contribution in [0.2, 0.25) is 0 Å². The standard InChI is InChI=1S/C10H18O4/c1-4-5-6-10(12)14-8(2)7-13-9(3)11/h8H,4-7H2,1-3H3. The summed E-state index contributed by atoms with van der Waals surface area (Å²) in [6.07, 6.45) is 1.87. The zero-order valence-electron chi connectivity index (χ0n) is 9.04. The van der Waals surface area contributed by atoms with Crippen LogP contribution in [0, 0.1) is 0 Å². The molecule has 0 aromatic carbocycles. The Kier molecular flexibility index (Phi) is 6.80. The van der Waals surface area contributed by atoms with Gasteiger partial charge in [-0.25, -0.2) is 0 Å². The van der Waals surface area contributed by atoms with Crippen LogP contribution in [0.5, 0.6) is 0 Å². The van der Waals surface area contributed by atoms with Crippen molar-refractivity contribution < 1.29 is 19.1 Å². The maximum absolute atomic E-state index is 11.1. The Morgan fingerprint density at radius 1 is 1.36 bits per heavy atom. The lowest BCUT2D eigenvalue weighted by atomic mass is 10.2. The van der Waals surface area contributed by atoms with Crippen molar-refractivity contribution >= 4 is 11.9 Å². The minimum Gasteiger partial charge on any atom is -0.462 e. The molecule has 4 heteroatoms. The van der Waals surface area contributed by atoms with Gasteiger partial charge < -0.3 is 9.47 Å². The van der Waals surface area contributed by atoms with Crippen LogP contribution in [-0.4, -0.2) is 24.6 Å². The van der Waals surface area contributed by atoms with E-state index in [1.54, 1.807) is 6.92 Å². The van der Waals surface area contributed by atoms with E-state index in [-0.39, 0.29) is 24.6 Å². The molecule has 0 fully saturated rings. The van der Waals surface area contributed by atoms with Crippen molar-refractivity contribution in [1.82, 2.24) is 0 Å². The summed E-state index contributed by atoms with van der Waals surface area (Å²) in [6.45, 7) is 5.17. The third-order valence-electron chi connectivity index (χ3n) is 1.59. The molecule has 0 rings (SSSR count). The van der Waals surface area contributed by atoms with Gasteiger partial charge in [0.2, 0.25) is 0 Å². The normalized spacial score (nSPS) is 11.9. The second kappa shape index (κ2) is 7.35. The molecule has 0 bridgehead atoms. The van der Waals surface area contributed by atoms with E-state index in [0.717, 1.165) is 12.8 Å². The first kappa shape index (κ1) is 12.9. The number of hydrogen-bond donors (Lipinski definition) is 0. The molecule has 0 heterocycles. The van der Waals surface area contributed by atoms with Gasteiger partial charge in [0.15, 0.2) is 0 Å². The van der Waals surface area contributed by atoms with Gasteiger partial charge >= 0.3 is 11.9 Å². The van der Waals surface area contributed by atoms with E-state index in [4.69, 9.17) is 9.47 Å². The molecule has 14 heavy (non-hydrogen) atoms. The number of ether oxygens (including phenoxy) is 2. The van der Waals surface area contributed by atoms with Gasteiger partial charge in [0.25, 0.3) is 0 Å². The fourth-order valence-electron chi connectivity index (χ4n) is 0.873. The molecular weight excluding hydrogens is 184 g/mol. The van der Waals surface area contributed by atoms with Crippen LogP contribution in [0.1, 0.15) is 40.0 Å². The van der Waals surface area contributed by atoms with Crippen molar-refractivity contribution in [2.75, 3.05) is 6.61 Å². The molecule has 0 aliphatic heterocycles. The van der Waals surface area contributed by atoms with Gasteiger partial charge in [-0.15, -0.1) is 0 Å². The molecule has 0 saturated carbocycles. The Bertz CT molecular complexity index is 189. The second-order valence-electron chi connectivity index (χ2n) is 3.21. The number of rotatable bonds is 6. The monoisotopic (exact) mass is 202 g/mol. The Balaban J connectivity index is 3.55. The smallest absolute Gasteiger partial charge is 0.306 e. The number of carbonyl (C=O) groups is 2. The lowest BCUT2D eigenvalue weighted by Gasteiger charge is -2.12. The maximum atomic E-state index is 11.1. The van der Waals surface area contributed by atoms with Crippen LogP contribution in [0.3, 0.4) is 0 Å². The molecule has 82 valence electrons. The van der Waals surface area contributed by atoms with E-state index in [2.05, 4.69) is 0 Å². The summed E-state index contributed by atoms with van der Waals surface area (Å²) in [6, 6.07) is 0. The van der Waals surface area contributed by atoms with Crippen LogP contribution >= 0.6 is 0 Å². The van der Waals surface area contributed by atoms with Crippen LogP contribution in [0.25, 0.3) is 0 Å². The largest absolute Gasteiger partial charge is 0.462 e. The van der Waals surface area contributed by atoms with Gasteiger partial charge in [-0.05, 0) is 13.3 Å². The third kappa shape index (κ3) is 7.58. The van der Waals surface area contributed by atoms with E-state index in [0.29, 0.717) is 6.42 Å². The average Bonchev–Trinajstić information content (AvgIpc) is 2.11. The predicted molar refractivity (Wildman–Crippen MR) is 51.7 cm³/mol. The Morgan fingerprint density at radius 3 is 2.50 bits per heavy atom. The second-order valence-corrected chi connectivity index (χ2v) is 3.21. The Hall–Kier alpha value is -1.06. The summed E-state index contributed by atoms with van der Waals surface area (Å²) >= 11 is 0. The fraction of sp³-hybridized carbons (Fsp3) is 0.800. The molecule has 0 aromatic heterocycles. The molecule has 0 N–H and O–H groups in total. The first-order chi connectivity index (χ1) is 6.56. The summed E-state index contributed by atoms with van der Waals surface area (Å²) in [7, 11) is 0. The first-order valence-corrected chi connectivity index (χ1v) is 4.89. The first-order valence-electron chi connectivity index (χ1n) is 4.89. The molecule has 0 amide bonds. The number of hydrogen-bond acceptors (Lipinski definition) is 4. The van der Waals surface area contributed by atoms with Gasteiger partial charge in [0.05, 0.1) is 0 Å². The average molecular weight is 202 g/mol. The molecule has 0 radical (unpaired) electrons. The highest BCUT2D eigenvalue weighted by atomic mass is 16.6. The lowest BCUT2D eigenvalue weighted by Crippen LogP contribution is -2.21. The maximum Gasteiger partial charge on any atom is 0.306 e. The van der Waals surface area contributed by atoms with Crippen molar-refractivity contribution in [2.24, 2.45) is 0 Å². The SMILES string of the molecule is CCCCC(=O)OC(C)COC(C)=O. The van der Waals surface area contributed by atoms with Gasteiger partial charge in [0.1, 0.15) is 12.7 Å². The predicted octanol–water partition coefficient (Wildman–Crippen LogP) is 1.67. The van der Waals surface area contributed by atoms with E-state index >= 15 is 0 Å².